The Bertz CT molecular complexity index is 885. The van der Waals surface area contributed by atoms with Crippen molar-refractivity contribution in [1.29, 1.82) is 0 Å². The van der Waals surface area contributed by atoms with Gasteiger partial charge in [-0.15, -0.1) is 5.48 Å². The van der Waals surface area contributed by atoms with Crippen molar-refractivity contribution in [2.45, 2.75) is 82.7 Å². The third-order valence-corrected chi connectivity index (χ3v) is 8.00. The molecular formula is C21H32F2N4O3S. The van der Waals surface area contributed by atoms with Gasteiger partial charge in [-0.1, -0.05) is 25.9 Å². The van der Waals surface area contributed by atoms with Gasteiger partial charge in [-0.05, 0) is 56.3 Å². The lowest BCUT2D eigenvalue weighted by molar-refractivity contribution is 0.0527. The molecule has 174 valence electrons. The van der Waals surface area contributed by atoms with E-state index >= 15 is 0 Å². The van der Waals surface area contributed by atoms with Gasteiger partial charge in [0.05, 0.1) is 17.7 Å². The minimum atomic E-state index is -3.72. The van der Waals surface area contributed by atoms with E-state index in [2.05, 4.69) is 20.7 Å². The van der Waals surface area contributed by atoms with Crippen LogP contribution in [0.15, 0.2) is 40.7 Å². The maximum absolute atomic E-state index is 13.5. The van der Waals surface area contributed by atoms with Crippen LogP contribution in [0.5, 0.6) is 0 Å². The zero-order valence-electron chi connectivity index (χ0n) is 18.2. The molecule has 7 nitrogen and oxygen atoms in total. The van der Waals surface area contributed by atoms with Gasteiger partial charge >= 0.3 is 0 Å². The Morgan fingerprint density at radius 3 is 2.71 bits per heavy atom. The van der Waals surface area contributed by atoms with Gasteiger partial charge in [0.2, 0.25) is 10.0 Å². The number of hydrogen-bond acceptors (Lipinski definition) is 6. The maximum atomic E-state index is 13.5. The molecule has 2 aliphatic carbocycles. The minimum absolute atomic E-state index is 0.136. The second kappa shape index (κ2) is 10.2. The molecule has 1 saturated carbocycles. The number of nitrogens with one attached hydrogen (secondary N) is 3. The lowest BCUT2D eigenvalue weighted by atomic mass is 9.88. The van der Waals surface area contributed by atoms with Crippen LogP contribution in [0.25, 0.3) is 0 Å². The first-order chi connectivity index (χ1) is 14.7. The van der Waals surface area contributed by atoms with Crippen LogP contribution in [0, 0.1) is 5.92 Å². The van der Waals surface area contributed by atoms with Crippen molar-refractivity contribution < 1.29 is 22.1 Å². The molecule has 3 aliphatic rings. The van der Waals surface area contributed by atoms with Gasteiger partial charge in [0.25, 0.3) is 0 Å². The number of hydroxylamine groups is 1. The number of allylic oxidation sites excluding steroid dienone is 5. The molecule has 10 heteroatoms. The van der Waals surface area contributed by atoms with E-state index < -0.39 is 21.3 Å². The van der Waals surface area contributed by atoms with Crippen molar-refractivity contribution in [3.05, 3.63) is 35.6 Å². The molecule has 5 atom stereocenters. The van der Waals surface area contributed by atoms with E-state index in [-0.39, 0.29) is 36.1 Å². The summed E-state index contributed by atoms with van der Waals surface area (Å²) >= 11 is 0. The van der Waals surface area contributed by atoms with Crippen molar-refractivity contribution in [3.8, 4) is 0 Å². The van der Waals surface area contributed by atoms with E-state index in [1.54, 1.807) is 13.0 Å². The Hall–Kier alpha value is -1.78. The largest absolute Gasteiger partial charge is 0.384 e. The Balaban J connectivity index is 1.70. The van der Waals surface area contributed by atoms with Gasteiger partial charge in [-0.2, -0.15) is 0 Å². The Morgan fingerprint density at radius 2 is 2.03 bits per heavy atom. The molecule has 1 fully saturated rings. The fraction of sp³-hybridized carbons (Fsp3) is 0.667. The molecule has 0 aromatic heterocycles. The van der Waals surface area contributed by atoms with Crippen LogP contribution in [0.2, 0.25) is 0 Å². The number of sulfonamides is 1. The van der Waals surface area contributed by atoms with E-state index in [0.717, 1.165) is 5.70 Å². The summed E-state index contributed by atoms with van der Waals surface area (Å²) in [7, 11) is -3.72. The number of hydrogen-bond donors (Lipinski definition) is 3. The highest BCUT2D eigenvalue weighted by Crippen LogP contribution is 2.29. The van der Waals surface area contributed by atoms with Crippen LogP contribution < -0.4 is 15.5 Å². The molecule has 0 amide bonds. The number of rotatable bonds is 8. The average Bonchev–Trinajstić information content (AvgIpc) is 3.22. The molecule has 3 rings (SSSR count). The van der Waals surface area contributed by atoms with E-state index in [4.69, 9.17) is 4.94 Å². The van der Waals surface area contributed by atoms with Crippen molar-refractivity contribution >= 4 is 15.7 Å². The summed E-state index contributed by atoms with van der Waals surface area (Å²) in [5.74, 6) is -0.614. The quantitative estimate of drug-likeness (QED) is 0.484. The molecule has 0 bridgehead atoms. The molecule has 0 aromatic rings. The molecule has 31 heavy (non-hydrogen) atoms. The van der Waals surface area contributed by atoms with Gasteiger partial charge in [-0.3, -0.25) is 4.94 Å². The van der Waals surface area contributed by atoms with Crippen molar-refractivity contribution in [3.63, 3.8) is 0 Å². The fourth-order valence-corrected chi connectivity index (χ4v) is 6.10. The highest BCUT2D eigenvalue weighted by atomic mass is 32.2. The van der Waals surface area contributed by atoms with E-state index in [1.165, 1.54) is 12.2 Å². The summed E-state index contributed by atoms with van der Waals surface area (Å²) < 4.78 is 56.0. The number of nitrogens with zero attached hydrogens (tertiary/aromatic N) is 1. The lowest BCUT2D eigenvalue weighted by Crippen LogP contribution is -2.59. The summed E-state index contributed by atoms with van der Waals surface area (Å²) in [6, 6.07) is -0.890. The minimum Gasteiger partial charge on any atom is -0.384 e. The number of oxime groups is 1. The van der Waals surface area contributed by atoms with E-state index in [1.807, 2.05) is 13.8 Å². The highest BCUT2D eigenvalue weighted by Gasteiger charge is 2.46. The summed E-state index contributed by atoms with van der Waals surface area (Å²) in [5, 5.41) is 6.55. The molecule has 1 aliphatic heterocycles. The molecule has 3 N–H and O–H groups in total. The summed E-state index contributed by atoms with van der Waals surface area (Å²) in [6.45, 7) is 5.52. The zero-order chi connectivity index (χ0) is 22.6. The topological polar surface area (TPSA) is 91.8 Å². The third-order valence-electron chi connectivity index (χ3n) is 6.14. The Kier molecular flexibility index (Phi) is 7.87. The maximum Gasteiger partial charge on any atom is 0.220 e. The first-order valence-electron chi connectivity index (χ1n) is 10.9. The van der Waals surface area contributed by atoms with Crippen LogP contribution in [0.3, 0.4) is 0 Å². The molecule has 0 radical (unpaired) electrons. The summed E-state index contributed by atoms with van der Waals surface area (Å²) in [4.78, 5) is 5.06. The molecule has 1 heterocycles. The van der Waals surface area contributed by atoms with Crippen LogP contribution in [0.4, 0.5) is 8.78 Å². The van der Waals surface area contributed by atoms with Gasteiger partial charge in [-0.25, -0.2) is 21.9 Å². The SMILES string of the molecule is CC/C(F)=C\C=C(/CC)NC1CCC(S(=O)(=O)NC2CCC(F)=CC2C)C2=NONC21. The standard InChI is InChI=1S/C21H32F2N4O3S/c1-4-14(22)6-8-16(5-2)24-18-10-11-19(21-20(18)25-30-26-21)31(28,29)27-17-9-7-15(23)12-13(17)3/h6,8,12-13,17-20,24-25,27H,4-5,7,9-11H2,1-3H3/b14-6+,16-8+. The molecule has 5 unspecified atom stereocenters. The smallest absolute Gasteiger partial charge is 0.220 e. The molecular weight excluding hydrogens is 426 g/mol. The van der Waals surface area contributed by atoms with E-state index in [0.29, 0.717) is 37.8 Å². The Labute approximate surface area is 183 Å². The second-order valence-electron chi connectivity index (χ2n) is 8.31. The number of fused-ring (bicyclic) bond motifs is 1. The zero-order valence-corrected chi connectivity index (χ0v) is 19.0. The first kappa shape index (κ1) is 23.9. The van der Waals surface area contributed by atoms with Gasteiger partial charge in [0, 0.05) is 18.2 Å². The first-order valence-corrected chi connectivity index (χ1v) is 12.5. The van der Waals surface area contributed by atoms with E-state index in [9.17, 15) is 17.2 Å². The summed E-state index contributed by atoms with van der Waals surface area (Å²) in [5.41, 5.74) is 4.08. The van der Waals surface area contributed by atoms with Crippen LogP contribution in [0.1, 0.15) is 59.3 Å². The fourth-order valence-electron chi connectivity index (χ4n) is 4.23. The highest BCUT2D eigenvalue weighted by molar-refractivity contribution is 7.90. The van der Waals surface area contributed by atoms with Gasteiger partial charge in [0.1, 0.15) is 17.0 Å². The molecule has 0 saturated heterocycles. The van der Waals surface area contributed by atoms with Crippen LogP contribution in [-0.4, -0.2) is 37.5 Å². The molecule has 0 spiro atoms. The van der Waals surface area contributed by atoms with Crippen LogP contribution in [-0.2, 0) is 15.0 Å². The van der Waals surface area contributed by atoms with Crippen molar-refractivity contribution in [2.75, 3.05) is 0 Å². The Morgan fingerprint density at radius 1 is 1.26 bits per heavy atom. The lowest BCUT2D eigenvalue weighted by Gasteiger charge is -2.35. The van der Waals surface area contributed by atoms with Gasteiger partial charge in [0.15, 0.2) is 0 Å². The predicted octanol–water partition coefficient (Wildman–Crippen LogP) is 3.50. The third kappa shape index (κ3) is 5.72. The second-order valence-corrected chi connectivity index (χ2v) is 10.2. The van der Waals surface area contributed by atoms with Gasteiger partial charge < -0.3 is 5.32 Å². The average molecular weight is 459 g/mol. The monoisotopic (exact) mass is 458 g/mol. The normalized spacial score (nSPS) is 32.1. The number of halogens is 2. The van der Waals surface area contributed by atoms with Crippen molar-refractivity contribution in [2.24, 2.45) is 11.1 Å². The van der Waals surface area contributed by atoms with Crippen molar-refractivity contribution in [1.82, 2.24) is 15.5 Å². The molecule has 0 aromatic carbocycles. The van der Waals surface area contributed by atoms with Crippen LogP contribution >= 0.6 is 0 Å². The summed E-state index contributed by atoms with van der Waals surface area (Å²) in [6.07, 6.45) is 7.25. The predicted molar refractivity (Wildman–Crippen MR) is 117 cm³/mol.